The average Bonchev–Trinajstić information content (AvgIpc) is 3.09. The van der Waals surface area contributed by atoms with Crippen LogP contribution in [0.15, 0.2) is 35.4 Å². The maximum Gasteiger partial charge on any atom is 0.339 e. The van der Waals surface area contributed by atoms with Gasteiger partial charge in [0, 0.05) is 29.2 Å². The summed E-state index contributed by atoms with van der Waals surface area (Å²) in [6, 6.07) is 7.34. The molecule has 1 aromatic heterocycles. The third-order valence-corrected chi connectivity index (χ3v) is 4.61. The Morgan fingerprint density at radius 3 is 2.33 bits per heavy atom. The molecule has 11 heteroatoms. The van der Waals surface area contributed by atoms with Crippen molar-refractivity contribution >= 4 is 29.2 Å². The van der Waals surface area contributed by atoms with Gasteiger partial charge in [-0.3, -0.25) is 19.7 Å². The summed E-state index contributed by atoms with van der Waals surface area (Å²) in [5.41, 5.74) is 4.53. The van der Waals surface area contributed by atoms with Gasteiger partial charge >= 0.3 is 11.9 Å². The van der Waals surface area contributed by atoms with Crippen molar-refractivity contribution in [3.8, 4) is 11.3 Å². The molecule has 0 radical (unpaired) electrons. The van der Waals surface area contributed by atoms with Crippen LogP contribution in [-0.2, 0) is 25.6 Å². The molecular formula is C22H26N4O7. The van der Waals surface area contributed by atoms with E-state index < -0.39 is 22.8 Å². The van der Waals surface area contributed by atoms with Crippen LogP contribution in [0.1, 0.15) is 43.2 Å². The molecule has 0 bridgehead atoms. The van der Waals surface area contributed by atoms with E-state index in [-0.39, 0.29) is 37.4 Å². The Morgan fingerprint density at radius 1 is 1.12 bits per heavy atom. The monoisotopic (exact) mass is 458 g/mol. The second-order valence-electron chi connectivity index (χ2n) is 7.00. The molecule has 0 unspecified atom stereocenters. The highest BCUT2D eigenvalue weighted by Gasteiger charge is 2.21. The van der Waals surface area contributed by atoms with Crippen molar-refractivity contribution in [2.24, 2.45) is 5.10 Å². The summed E-state index contributed by atoms with van der Waals surface area (Å²) in [7, 11) is 0. The third-order valence-electron chi connectivity index (χ3n) is 4.61. The molecule has 11 nitrogen and oxygen atoms in total. The predicted molar refractivity (Wildman–Crippen MR) is 120 cm³/mol. The van der Waals surface area contributed by atoms with E-state index >= 15 is 0 Å². The van der Waals surface area contributed by atoms with Gasteiger partial charge in [0.05, 0.1) is 30.1 Å². The van der Waals surface area contributed by atoms with Crippen molar-refractivity contribution in [2.75, 3.05) is 13.2 Å². The highest BCUT2D eigenvalue weighted by Crippen LogP contribution is 2.28. The Kier molecular flexibility index (Phi) is 8.84. The molecule has 0 saturated carbocycles. The van der Waals surface area contributed by atoms with E-state index in [2.05, 4.69) is 10.5 Å². The summed E-state index contributed by atoms with van der Waals surface area (Å²) in [4.78, 5) is 46.9. The second-order valence-corrected chi connectivity index (χ2v) is 7.00. The smallest absolute Gasteiger partial charge is 0.339 e. The standard InChI is InChI=1S/C22H26N4O7/c1-5-32-21(28)11-14(3)23-24-20(27)13-25-15(4)18(22(29)33-6-2)12-19(25)16-7-9-17(10-8-16)26(30)31/h7-10,12H,5-6,11,13H2,1-4H3,(H,24,27)/b23-14-. The maximum atomic E-state index is 12.6. The molecule has 33 heavy (non-hydrogen) atoms. The van der Waals surface area contributed by atoms with E-state index in [1.54, 1.807) is 38.3 Å². The van der Waals surface area contributed by atoms with E-state index in [4.69, 9.17) is 9.47 Å². The molecule has 1 N–H and O–H groups in total. The number of ether oxygens (including phenoxy) is 2. The largest absolute Gasteiger partial charge is 0.466 e. The van der Waals surface area contributed by atoms with E-state index in [1.807, 2.05) is 0 Å². The maximum absolute atomic E-state index is 12.6. The number of esters is 2. The van der Waals surface area contributed by atoms with Gasteiger partial charge in [-0.15, -0.1) is 0 Å². The highest BCUT2D eigenvalue weighted by molar-refractivity contribution is 5.98. The predicted octanol–water partition coefficient (Wildman–Crippen LogP) is 2.99. The fourth-order valence-corrected chi connectivity index (χ4v) is 3.05. The number of hydrogen-bond donors (Lipinski definition) is 1. The Hall–Kier alpha value is -4.02. The first-order valence-electron chi connectivity index (χ1n) is 10.3. The molecule has 176 valence electrons. The van der Waals surface area contributed by atoms with Crippen LogP contribution >= 0.6 is 0 Å². The lowest BCUT2D eigenvalue weighted by atomic mass is 10.1. The molecule has 0 atom stereocenters. The molecule has 0 aliphatic rings. The Labute approximate surface area is 190 Å². The van der Waals surface area contributed by atoms with Gasteiger partial charge in [-0.25, -0.2) is 10.2 Å². The second kappa shape index (κ2) is 11.6. The Morgan fingerprint density at radius 2 is 1.76 bits per heavy atom. The number of nitro groups is 1. The number of nitrogens with zero attached hydrogens (tertiary/aromatic N) is 3. The topological polar surface area (TPSA) is 142 Å². The number of amides is 1. The van der Waals surface area contributed by atoms with Crippen LogP contribution in [0.25, 0.3) is 11.3 Å². The number of benzene rings is 1. The molecule has 0 saturated heterocycles. The molecular weight excluding hydrogens is 432 g/mol. The summed E-state index contributed by atoms with van der Waals surface area (Å²) in [5, 5.41) is 14.9. The zero-order chi connectivity index (χ0) is 24.5. The van der Waals surface area contributed by atoms with Crippen LogP contribution in [0, 0.1) is 17.0 Å². The quantitative estimate of drug-likeness (QED) is 0.250. The van der Waals surface area contributed by atoms with Crippen LogP contribution in [0.4, 0.5) is 5.69 Å². The van der Waals surface area contributed by atoms with Crippen LogP contribution in [0.5, 0.6) is 0 Å². The summed E-state index contributed by atoms with van der Waals surface area (Å²) < 4.78 is 11.5. The van der Waals surface area contributed by atoms with Crippen LogP contribution < -0.4 is 5.43 Å². The summed E-state index contributed by atoms with van der Waals surface area (Å²) in [5.74, 6) is -1.48. The SMILES string of the molecule is CCOC(=O)C/C(C)=N\NC(=O)Cn1c(-c2ccc([N+](=O)[O-])cc2)cc(C(=O)OCC)c1C. The van der Waals surface area contributed by atoms with E-state index in [9.17, 15) is 24.5 Å². The molecule has 2 aromatic rings. The number of rotatable bonds is 10. The van der Waals surface area contributed by atoms with Gasteiger partial charge in [0.25, 0.3) is 11.6 Å². The molecule has 0 aliphatic heterocycles. The number of nitrogens with one attached hydrogen (secondary N) is 1. The van der Waals surface area contributed by atoms with Gasteiger partial charge in [-0.05, 0) is 51.5 Å². The van der Waals surface area contributed by atoms with Crippen molar-refractivity contribution in [2.45, 2.75) is 40.7 Å². The van der Waals surface area contributed by atoms with E-state index in [0.717, 1.165) is 0 Å². The lowest BCUT2D eigenvalue weighted by Gasteiger charge is -2.11. The van der Waals surface area contributed by atoms with Crippen molar-refractivity contribution in [1.82, 2.24) is 9.99 Å². The molecule has 1 amide bonds. The lowest BCUT2D eigenvalue weighted by Crippen LogP contribution is -2.25. The summed E-state index contributed by atoms with van der Waals surface area (Å²) in [6.45, 7) is 6.88. The number of aromatic nitrogens is 1. The minimum Gasteiger partial charge on any atom is -0.466 e. The Bertz CT molecular complexity index is 1070. The molecule has 1 heterocycles. The normalized spacial score (nSPS) is 11.1. The third kappa shape index (κ3) is 6.73. The Balaban J connectivity index is 2.32. The zero-order valence-electron chi connectivity index (χ0n) is 18.9. The zero-order valence-corrected chi connectivity index (χ0v) is 18.9. The van der Waals surface area contributed by atoms with Crippen molar-refractivity contribution in [3.63, 3.8) is 0 Å². The summed E-state index contributed by atoms with van der Waals surface area (Å²) in [6.07, 6.45) is -0.0578. The molecule has 2 rings (SSSR count). The highest BCUT2D eigenvalue weighted by atomic mass is 16.6. The first-order valence-corrected chi connectivity index (χ1v) is 10.3. The van der Waals surface area contributed by atoms with Crippen LogP contribution in [0.3, 0.4) is 0 Å². The number of nitro benzene ring substituents is 1. The van der Waals surface area contributed by atoms with E-state index in [1.165, 1.54) is 24.3 Å². The number of carbonyl (C=O) groups is 3. The van der Waals surface area contributed by atoms with Gasteiger partial charge in [-0.1, -0.05) is 0 Å². The number of hydrogen-bond acceptors (Lipinski definition) is 8. The van der Waals surface area contributed by atoms with Gasteiger partial charge in [-0.2, -0.15) is 5.10 Å². The van der Waals surface area contributed by atoms with Crippen molar-refractivity contribution < 1.29 is 28.8 Å². The minimum absolute atomic E-state index is 0.0578. The van der Waals surface area contributed by atoms with Crippen LogP contribution in [-0.4, -0.2) is 46.3 Å². The van der Waals surface area contributed by atoms with E-state index in [0.29, 0.717) is 22.7 Å². The fourth-order valence-electron chi connectivity index (χ4n) is 3.05. The number of hydrazone groups is 1. The van der Waals surface area contributed by atoms with Crippen LogP contribution in [0.2, 0.25) is 0 Å². The van der Waals surface area contributed by atoms with Gasteiger partial charge < -0.3 is 14.0 Å². The fraction of sp³-hybridized carbons (Fsp3) is 0.364. The molecule has 1 aromatic carbocycles. The van der Waals surface area contributed by atoms with Crippen molar-refractivity contribution in [3.05, 3.63) is 51.7 Å². The van der Waals surface area contributed by atoms with Gasteiger partial charge in [0.15, 0.2) is 0 Å². The number of carbonyl (C=O) groups excluding carboxylic acids is 3. The lowest BCUT2D eigenvalue weighted by molar-refractivity contribution is -0.384. The molecule has 0 spiro atoms. The summed E-state index contributed by atoms with van der Waals surface area (Å²) >= 11 is 0. The minimum atomic E-state index is -0.541. The average molecular weight is 458 g/mol. The first kappa shape index (κ1) is 25.2. The number of non-ortho nitro benzene ring substituents is 1. The first-order chi connectivity index (χ1) is 15.7. The van der Waals surface area contributed by atoms with Gasteiger partial charge in [0.2, 0.25) is 0 Å². The molecule has 0 fully saturated rings. The van der Waals surface area contributed by atoms with Gasteiger partial charge in [0.1, 0.15) is 6.54 Å². The van der Waals surface area contributed by atoms with Crippen molar-refractivity contribution in [1.29, 1.82) is 0 Å². The molecule has 0 aliphatic carbocycles.